The summed E-state index contributed by atoms with van der Waals surface area (Å²) in [7, 11) is 3.24. The van der Waals surface area contributed by atoms with Crippen molar-refractivity contribution in [2.45, 2.75) is 17.7 Å². The largest absolute Gasteiger partial charge is 0.493 e. The molecule has 0 aliphatic carbocycles. The fraction of sp³-hybridized carbons (Fsp3) is 0.417. The Bertz CT molecular complexity index is 338. The van der Waals surface area contributed by atoms with E-state index in [1.165, 1.54) is 0 Å². The van der Waals surface area contributed by atoms with Gasteiger partial charge in [-0.25, -0.2) is 0 Å². The van der Waals surface area contributed by atoms with Crippen molar-refractivity contribution in [3.05, 3.63) is 17.7 Å². The Morgan fingerprint density at radius 3 is 2.56 bits per heavy atom. The maximum Gasteiger partial charge on any atom is 0.174 e. The van der Waals surface area contributed by atoms with Gasteiger partial charge in [-0.2, -0.15) is 0 Å². The first-order valence-electron chi connectivity index (χ1n) is 4.99. The highest BCUT2D eigenvalue weighted by atomic mass is 32.2. The third-order valence-electron chi connectivity index (χ3n) is 2.28. The van der Waals surface area contributed by atoms with E-state index in [-0.39, 0.29) is 0 Å². The lowest BCUT2D eigenvalue weighted by Crippen LogP contribution is -1.95. The molecule has 0 aliphatic rings. The van der Waals surface area contributed by atoms with Crippen LogP contribution in [0.2, 0.25) is 0 Å². The number of ether oxygens (including phenoxy) is 2. The van der Waals surface area contributed by atoms with E-state index in [1.807, 2.05) is 18.4 Å². The fourth-order valence-corrected chi connectivity index (χ4v) is 2.14. The van der Waals surface area contributed by atoms with Gasteiger partial charge in [-0.05, 0) is 30.4 Å². The minimum Gasteiger partial charge on any atom is -0.493 e. The first-order valence-corrected chi connectivity index (χ1v) is 6.21. The average molecular weight is 240 g/mol. The van der Waals surface area contributed by atoms with Crippen molar-refractivity contribution in [3.63, 3.8) is 0 Å². The Morgan fingerprint density at radius 1 is 1.31 bits per heavy atom. The van der Waals surface area contributed by atoms with Crippen molar-refractivity contribution in [1.82, 2.24) is 0 Å². The van der Waals surface area contributed by atoms with Crippen molar-refractivity contribution in [3.8, 4) is 11.5 Å². The Morgan fingerprint density at radius 2 is 2.06 bits per heavy atom. The van der Waals surface area contributed by atoms with E-state index in [9.17, 15) is 4.79 Å². The van der Waals surface area contributed by atoms with E-state index >= 15 is 0 Å². The van der Waals surface area contributed by atoms with Crippen molar-refractivity contribution >= 4 is 18.0 Å². The molecule has 0 aromatic heterocycles. The summed E-state index contributed by atoms with van der Waals surface area (Å²) in [6.07, 6.45) is 4.18. The summed E-state index contributed by atoms with van der Waals surface area (Å²) in [6, 6.07) is 3.96. The zero-order valence-electron chi connectivity index (χ0n) is 9.78. The summed E-state index contributed by atoms with van der Waals surface area (Å²) in [6.45, 7) is 0. The molecule has 0 aliphatic heterocycles. The topological polar surface area (TPSA) is 35.5 Å². The van der Waals surface area contributed by atoms with E-state index in [0.29, 0.717) is 6.42 Å². The van der Waals surface area contributed by atoms with Crippen LogP contribution >= 0.6 is 11.8 Å². The van der Waals surface area contributed by atoms with Crippen LogP contribution in [0.25, 0.3) is 0 Å². The lowest BCUT2D eigenvalue weighted by molar-refractivity contribution is -0.107. The second kappa shape index (κ2) is 6.43. The first-order chi connectivity index (χ1) is 7.76. The molecule has 1 aromatic carbocycles. The fourth-order valence-electron chi connectivity index (χ4n) is 1.51. The van der Waals surface area contributed by atoms with Crippen LogP contribution in [-0.4, -0.2) is 26.8 Å². The lowest BCUT2D eigenvalue weighted by Gasteiger charge is -2.13. The maximum absolute atomic E-state index is 10.3. The van der Waals surface area contributed by atoms with E-state index in [1.54, 1.807) is 26.0 Å². The van der Waals surface area contributed by atoms with Crippen molar-refractivity contribution in [2.24, 2.45) is 0 Å². The van der Waals surface area contributed by atoms with Crippen molar-refractivity contribution in [2.75, 3.05) is 20.5 Å². The average Bonchev–Trinajstić information content (AvgIpc) is 2.34. The first kappa shape index (κ1) is 12.9. The van der Waals surface area contributed by atoms with Crippen LogP contribution in [0.15, 0.2) is 17.0 Å². The van der Waals surface area contributed by atoms with E-state index in [0.717, 1.165) is 34.7 Å². The number of carbonyl (C=O) groups excluding carboxylic acids is 1. The van der Waals surface area contributed by atoms with Crippen LogP contribution in [0.1, 0.15) is 12.0 Å². The number of rotatable bonds is 6. The Labute approximate surface area is 100 Å². The normalized spacial score (nSPS) is 9.94. The molecule has 16 heavy (non-hydrogen) atoms. The molecule has 0 amide bonds. The summed E-state index contributed by atoms with van der Waals surface area (Å²) in [4.78, 5) is 11.4. The molecule has 0 saturated heterocycles. The zero-order valence-corrected chi connectivity index (χ0v) is 10.6. The quantitative estimate of drug-likeness (QED) is 0.565. The number of hydrogen-bond acceptors (Lipinski definition) is 4. The highest BCUT2D eigenvalue weighted by Gasteiger charge is 2.11. The van der Waals surface area contributed by atoms with Crippen LogP contribution in [0.3, 0.4) is 0 Å². The van der Waals surface area contributed by atoms with Gasteiger partial charge in [-0.3, -0.25) is 0 Å². The third kappa shape index (κ3) is 2.92. The number of benzene rings is 1. The Balaban J connectivity index is 3.09. The minimum absolute atomic E-state index is 0.531. The van der Waals surface area contributed by atoms with Crippen LogP contribution in [0.4, 0.5) is 0 Å². The highest BCUT2D eigenvalue weighted by molar-refractivity contribution is 7.98. The number of aryl methyl sites for hydroxylation is 1. The molecule has 0 heterocycles. The molecular formula is C12H16O3S. The van der Waals surface area contributed by atoms with Gasteiger partial charge < -0.3 is 14.3 Å². The second-order valence-corrected chi connectivity index (χ2v) is 4.09. The summed E-state index contributed by atoms with van der Waals surface area (Å²) in [5, 5.41) is 0. The zero-order chi connectivity index (χ0) is 12.0. The van der Waals surface area contributed by atoms with Gasteiger partial charge in [0.15, 0.2) is 11.5 Å². The Hall–Kier alpha value is -1.16. The van der Waals surface area contributed by atoms with Gasteiger partial charge in [0.2, 0.25) is 0 Å². The smallest absolute Gasteiger partial charge is 0.174 e. The van der Waals surface area contributed by atoms with Gasteiger partial charge in [-0.15, -0.1) is 11.8 Å². The monoisotopic (exact) mass is 240 g/mol. The van der Waals surface area contributed by atoms with Crippen LogP contribution in [-0.2, 0) is 11.2 Å². The van der Waals surface area contributed by atoms with E-state index in [4.69, 9.17) is 9.47 Å². The molecule has 0 radical (unpaired) electrons. The SMILES string of the molecule is COc1cc(CCC=O)cc(SC)c1OC. The molecule has 3 nitrogen and oxygen atoms in total. The summed E-state index contributed by atoms with van der Waals surface area (Å²) in [5.74, 6) is 1.47. The molecule has 0 unspecified atom stereocenters. The molecule has 4 heteroatoms. The molecule has 88 valence electrons. The van der Waals surface area contributed by atoms with Gasteiger partial charge >= 0.3 is 0 Å². The summed E-state index contributed by atoms with van der Waals surface area (Å²) in [5.41, 5.74) is 1.09. The van der Waals surface area contributed by atoms with E-state index < -0.39 is 0 Å². The van der Waals surface area contributed by atoms with Crippen molar-refractivity contribution < 1.29 is 14.3 Å². The molecule has 1 aromatic rings. The summed E-state index contributed by atoms with van der Waals surface area (Å²) >= 11 is 1.60. The number of methoxy groups -OCH3 is 2. The number of aldehydes is 1. The second-order valence-electron chi connectivity index (χ2n) is 3.24. The van der Waals surface area contributed by atoms with Gasteiger partial charge in [0.1, 0.15) is 6.29 Å². The van der Waals surface area contributed by atoms with Crippen LogP contribution < -0.4 is 9.47 Å². The number of carbonyl (C=O) groups is 1. The predicted octanol–water partition coefficient (Wildman–Crippen LogP) is 2.56. The third-order valence-corrected chi connectivity index (χ3v) is 3.02. The molecule has 0 saturated carbocycles. The Kier molecular flexibility index (Phi) is 5.19. The van der Waals surface area contributed by atoms with Crippen LogP contribution in [0, 0.1) is 0 Å². The van der Waals surface area contributed by atoms with Gasteiger partial charge in [0, 0.05) is 6.42 Å². The lowest BCUT2D eigenvalue weighted by atomic mass is 10.1. The standard InChI is InChI=1S/C12H16O3S/c1-14-10-7-9(5-4-6-13)8-11(16-3)12(10)15-2/h6-8H,4-5H2,1-3H3. The summed E-state index contributed by atoms with van der Waals surface area (Å²) < 4.78 is 10.6. The van der Waals surface area contributed by atoms with E-state index in [2.05, 4.69) is 0 Å². The molecule has 0 bridgehead atoms. The highest BCUT2D eigenvalue weighted by Crippen LogP contribution is 2.37. The van der Waals surface area contributed by atoms with Gasteiger partial charge in [0.05, 0.1) is 19.1 Å². The van der Waals surface area contributed by atoms with Gasteiger partial charge in [0.25, 0.3) is 0 Å². The molecule has 0 spiro atoms. The van der Waals surface area contributed by atoms with Crippen LogP contribution in [0.5, 0.6) is 11.5 Å². The molecule has 1 rings (SSSR count). The molecule has 0 N–H and O–H groups in total. The number of thioether (sulfide) groups is 1. The molecular weight excluding hydrogens is 224 g/mol. The molecule has 0 atom stereocenters. The molecule has 0 fully saturated rings. The predicted molar refractivity (Wildman–Crippen MR) is 65.7 cm³/mol. The minimum atomic E-state index is 0.531. The van der Waals surface area contributed by atoms with Gasteiger partial charge in [-0.1, -0.05) is 0 Å². The number of hydrogen-bond donors (Lipinski definition) is 0. The maximum atomic E-state index is 10.3. The van der Waals surface area contributed by atoms with Crippen molar-refractivity contribution in [1.29, 1.82) is 0 Å².